The molecule has 0 N–H and O–H groups in total. The summed E-state index contributed by atoms with van der Waals surface area (Å²) in [6.45, 7) is 2.48. The van der Waals surface area contributed by atoms with Gasteiger partial charge in [-0.2, -0.15) is 0 Å². The molecule has 1 aliphatic rings. The molecule has 1 aliphatic carbocycles. The van der Waals surface area contributed by atoms with Crippen molar-refractivity contribution in [3.05, 3.63) is 53.6 Å². The molecule has 2 aromatic rings. The molecule has 3 rings (SSSR count). The Morgan fingerprint density at radius 2 is 2.00 bits per heavy atom. The summed E-state index contributed by atoms with van der Waals surface area (Å²) in [4.78, 5) is 34.8. The number of carbonyl (C=O) groups is 2. The summed E-state index contributed by atoms with van der Waals surface area (Å²) in [5.74, 6) is 0.308. The van der Waals surface area contributed by atoms with Gasteiger partial charge < -0.3 is 14.4 Å². The summed E-state index contributed by atoms with van der Waals surface area (Å²) in [5, 5.41) is 0. The van der Waals surface area contributed by atoms with E-state index in [0.29, 0.717) is 29.4 Å². The van der Waals surface area contributed by atoms with Gasteiger partial charge in [-0.15, -0.1) is 0 Å². The Bertz CT molecular complexity index is 837. The van der Waals surface area contributed by atoms with Gasteiger partial charge in [0.15, 0.2) is 0 Å². The number of benzene rings is 1. The minimum absolute atomic E-state index is 0.231. The maximum absolute atomic E-state index is 13.1. The Balaban J connectivity index is 1.83. The summed E-state index contributed by atoms with van der Waals surface area (Å²) in [7, 11) is 3.02. The van der Waals surface area contributed by atoms with Gasteiger partial charge in [0.2, 0.25) is 0 Å². The highest BCUT2D eigenvalue weighted by molar-refractivity contribution is 5.98. The van der Waals surface area contributed by atoms with Gasteiger partial charge in [0.1, 0.15) is 12.1 Å². The maximum Gasteiger partial charge on any atom is 0.338 e. The maximum atomic E-state index is 13.1. The zero-order valence-corrected chi connectivity index (χ0v) is 16.4. The van der Waals surface area contributed by atoms with Crippen LogP contribution in [0.3, 0.4) is 0 Å². The van der Waals surface area contributed by atoms with E-state index in [1.807, 2.05) is 6.92 Å². The van der Waals surface area contributed by atoms with Gasteiger partial charge >= 0.3 is 5.97 Å². The van der Waals surface area contributed by atoms with E-state index in [9.17, 15) is 9.59 Å². The van der Waals surface area contributed by atoms with Crippen molar-refractivity contribution in [3.8, 4) is 5.75 Å². The third-order valence-electron chi connectivity index (χ3n) is 5.22. The molecule has 1 amide bonds. The van der Waals surface area contributed by atoms with Crippen LogP contribution in [0.1, 0.15) is 58.6 Å². The lowest BCUT2D eigenvalue weighted by atomic mass is 9.86. The standard InChI is InChI=1S/C21H25N3O4/c1-14(19-7-8-22-13-23-19)24(2)20(25)16-9-17(21(26)27-3)11-18(10-16)28-12-15-5-4-6-15/h7-11,13-15H,4-6,12H2,1-3H3/t14-/m1/s1. The van der Waals surface area contributed by atoms with Gasteiger partial charge in [-0.3, -0.25) is 4.79 Å². The Morgan fingerprint density at radius 1 is 1.25 bits per heavy atom. The molecule has 0 aliphatic heterocycles. The lowest BCUT2D eigenvalue weighted by Gasteiger charge is -2.26. The van der Waals surface area contributed by atoms with E-state index < -0.39 is 5.97 Å². The van der Waals surface area contributed by atoms with Crippen LogP contribution in [0, 0.1) is 5.92 Å². The molecule has 0 spiro atoms. The molecular weight excluding hydrogens is 358 g/mol. The van der Waals surface area contributed by atoms with Crippen LogP contribution in [-0.2, 0) is 4.74 Å². The Kier molecular flexibility index (Phi) is 6.23. The number of rotatable bonds is 7. The molecule has 7 nitrogen and oxygen atoms in total. The van der Waals surface area contributed by atoms with Crippen LogP contribution in [0.25, 0.3) is 0 Å². The number of ether oxygens (including phenoxy) is 2. The highest BCUT2D eigenvalue weighted by Crippen LogP contribution is 2.28. The van der Waals surface area contributed by atoms with Crippen LogP contribution in [0.5, 0.6) is 5.75 Å². The van der Waals surface area contributed by atoms with Gasteiger partial charge in [-0.05, 0) is 49.9 Å². The van der Waals surface area contributed by atoms with Crippen molar-refractivity contribution in [2.45, 2.75) is 32.2 Å². The molecule has 148 valence electrons. The SMILES string of the molecule is COC(=O)c1cc(OCC2CCC2)cc(C(=O)N(C)[C@H](C)c2ccncn2)c1. The molecule has 1 aromatic heterocycles. The molecule has 0 unspecified atom stereocenters. The van der Waals surface area contributed by atoms with Gasteiger partial charge in [-0.25, -0.2) is 14.8 Å². The Hall–Kier alpha value is -2.96. The first kappa shape index (κ1) is 19.8. The molecule has 0 bridgehead atoms. The molecule has 1 saturated carbocycles. The topological polar surface area (TPSA) is 81.6 Å². The van der Waals surface area contributed by atoms with Crippen LogP contribution in [0.2, 0.25) is 0 Å². The monoisotopic (exact) mass is 383 g/mol. The highest BCUT2D eigenvalue weighted by atomic mass is 16.5. The first-order valence-corrected chi connectivity index (χ1v) is 9.39. The summed E-state index contributed by atoms with van der Waals surface area (Å²) in [6.07, 6.45) is 6.63. The van der Waals surface area contributed by atoms with E-state index in [0.717, 1.165) is 18.5 Å². The lowest BCUT2D eigenvalue weighted by Crippen LogP contribution is -2.30. The molecule has 1 fully saturated rings. The van der Waals surface area contributed by atoms with Crippen molar-refractivity contribution in [1.82, 2.24) is 14.9 Å². The summed E-state index contributed by atoms with van der Waals surface area (Å²) >= 11 is 0. The number of amides is 1. The number of esters is 1. The first-order valence-electron chi connectivity index (χ1n) is 9.39. The van der Waals surface area contributed by atoms with Gasteiger partial charge in [0.25, 0.3) is 5.91 Å². The molecule has 7 heteroatoms. The largest absolute Gasteiger partial charge is 0.493 e. The summed E-state index contributed by atoms with van der Waals surface area (Å²) < 4.78 is 10.7. The predicted octanol–water partition coefficient (Wildman–Crippen LogP) is 3.28. The average molecular weight is 383 g/mol. The van der Waals surface area contributed by atoms with Crippen LogP contribution in [-0.4, -0.2) is 47.5 Å². The van der Waals surface area contributed by atoms with Crippen molar-refractivity contribution in [2.75, 3.05) is 20.8 Å². The minimum atomic E-state index is -0.505. The number of hydrogen-bond acceptors (Lipinski definition) is 6. The lowest BCUT2D eigenvalue weighted by molar-refractivity contribution is 0.0600. The van der Waals surface area contributed by atoms with Gasteiger partial charge in [0.05, 0.1) is 31.0 Å². The van der Waals surface area contributed by atoms with Crippen molar-refractivity contribution >= 4 is 11.9 Å². The molecule has 28 heavy (non-hydrogen) atoms. The zero-order chi connectivity index (χ0) is 20.1. The summed E-state index contributed by atoms with van der Waals surface area (Å²) in [6, 6.07) is 6.35. The molecular formula is C21H25N3O4. The van der Waals surface area contributed by atoms with E-state index in [-0.39, 0.29) is 11.9 Å². The second-order valence-electron chi connectivity index (χ2n) is 7.07. The van der Waals surface area contributed by atoms with Crippen LogP contribution >= 0.6 is 0 Å². The fourth-order valence-corrected chi connectivity index (χ4v) is 3.04. The third kappa shape index (κ3) is 4.47. The van der Waals surface area contributed by atoms with E-state index in [2.05, 4.69) is 9.97 Å². The van der Waals surface area contributed by atoms with Crippen LogP contribution in [0.4, 0.5) is 0 Å². The zero-order valence-electron chi connectivity index (χ0n) is 16.4. The molecule has 1 heterocycles. The molecule has 0 saturated heterocycles. The van der Waals surface area contributed by atoms with Crippen molar-refractivity contribution in [2.24, 2.45) is 5.92 Å². The Morgan fingerprint density at radius 3 is 2.61 bits per heavy atom. The number of aromatic nitrogens is 2. The van der Waals surface area contributed by atoms with E-state index in [4.69, 9.17) is 9.47 Å². The van der Waals surface area contributed by atoms with Crippen LogP contribution < -0.4 is 4.74 Å². The number of methoxy groups -OCH3 is 1. The van der Waals surface area contributed by atoms with Crippen LogP contribution in [0.15, 0.2) is 36.8 Å². The van der Waals surface area contributed by atoms with Crippen molar-refractivity contribution < 1.29 is 19.1 Å². The van der Waals surface area contributed by atoms with E-state index in [1.165, 1.54) is 25.9 Å². The fourth-order valence-electron chi connectivity index (χ4n) is 3.04. The highest BCUT2D eigenvalue weighted by Gasteiger charge is 2.23. The third-order valence-corrected chi connectivity index (χ3v) is 5.22. The Labute approximate surface area is 164 Å². The smallest absolute Gasteiger partial charge is 0.338 e. The average Bonchev–Trinajstić information content (AvgIpc) is 2.70. The fraction of sp³-hybridized carbons (Fsp3) is 0.429. The first-order chi connectivity index (χ1) is 13.5. The van der Waals surface area contributed by atoms with Crippen molar-refractivity contribution in [1.29, 1.82) is 0 Å². The number of nitrogens with zero attached hydrogens (tertiary/aromatic N) is 3. The number of hydrogen-bond donors (Lipinski definition) is 0. The van der Waals surface area contributed by atoms with E-state index >= 15 is 0 Å². The van der Waals surface area contributed by atoms with E-state index in [1.54, 1.807) is 36.3 Å². The molecule has 1 atom stereocenters. The number of carbonyl (C=O) groups excluding carboxylic acids is 2. The summed E-state index contributed by atoms with van der Waals surface area (Å²) in [5.41, 5.74) is 1.39. The van der Waals surface area contributed by atoms with Gasteiger partial charge in [-0.1, -0.05) is 6.42 Å². The van der Waals surface area contributed by atoms with Gasteiger partial charge in [0, 0.05) is 18.8 Å². The predicted molar refractivity (Wildman–Crippen MR) is 103 cm³/mol. The molecule has 0 radical (unpaired) electrons. The second-order valence-corrected chi connectivity index (χ2v) is 7.07. The minimum Gasteiger partial charge on any atom is -0.493 e. The van der Waals surface area contributed by atoms with Crippen molar-refractivity contribution in [3.63, 3.8) is 0 Å². The normalized spacial score (nSPS) is 14.7. The second kappa shape index (κ2) is 8.82. The molecule has 1 aromatic carbocycles. The quantitative estimate of drug-likeness (QED) is 0.683.